The van der Waals surface area contributed by atoms with Gasteiger partial charge in [-0.05, 0) is 37.1 Å². The summed E-state index contributed by atoms with van der Waals surface area (Å²) in [6.45, 7) is 2.09. The topological polar surface area (TPSA) is 70.2 Å². The highest BCUT2D eigenvalue weighted by molar-refractivity contribution is 5.88. The van der Waals surface area contributed by atoms with Crippen LogP contribution in [0.25, 0.3) is 0 Å². The van der Waals surface area contributed by atoms with Crippen LogP contribution in [0.3, 0.4) is 0 Å². The number of benzene rings is 1. The summed E-state index contributed by atoms with van der Waals surface area (Å²) in [5.74, 6) is 0.0418. The first-order chi connectivity index (χ1) is 11.1. The number of carbonyl (C=O) groups excluding carboxylic acids is 2. The van der Waals surface area contributed by atoms with Gasteiger partial charge in [-0.2, -0.15) is 0 Å². The first-order valence-electron chi connectivity index (χ1n) is 8.54. The predicted octanol–water partition coefficient (Wildman–Crippen LogP) is 3.29. The van der Waals surface area contributed by atoms with E-state index in [4.69, 9.17) is 0 Å². The molecule has 0 aromatic heterocycles. The minimum atomic E-state index is -0.0825. The zero-order valence-electron chi connectivity index (χ0n) is 13.9. The molecule has 1 aromatic rings. The maximum atomic E-state index is 12.0. The Morgan fingerprint density at radius 1 is 1.00 bits per heavy atom. The summed E-state index contributed by atoms with van der Waals surface area (Å²) in [6.07, 6.45) is 7.75. The zero-order valence-corrected chi connectivity index (χ0v) is 13.9. The first kappa shape index (κ1) is 17.3. The van der Waals surface area contributed by atoms with Gasteiger partial charge in [-0.15, -0.1) is 0 Å². The van der Waals surface area contributed by atoms with Gasteiger partial charge in [-0.25, -0.2) is 0 Å². The molecule has 0 atom stereocenters. The van der Waals surface area contributed by atoms with Crippen molar-refractivity contribution in [2.45, 2.75) is 57.9 Å². The van der Waals surface area contributed by atoms with Crippen molar-refractivity contribution in [2.24, 2.45) is 0 Å². The number of rotatable bonds is 6. The number of anilines is 2. The van der Waals surface area contributed by atoms with Crippen LogP contribution in [0.2, 0.25) is 0 Å². The van der Waals surface area contributed by atoms with Crippen LogP contribution in [-0.4, -0.2) is 24.4 Å². The van der Waals surface area contributed by atoms with Crippen molar-refractivity contribution in [3.05, 3.63) is 24.3 Å². The molecule has 0 bridgehead atoms. The molecule has 5 nitrogen and oxygen atoms in total. The summed E-state index contributed by atoms with van der Waals surface area (Å²) in [5.41, 5.74) is 1.72. The van der Waals surface area contributed by atoms with Gasteiger partial charge in [0.2, 0.25) is 11.8 Å². The summed E-state index contributed by atoms with van der Waals surface area (Å²) >= 11 is 0. The smallest absolute Gasteiger partial charge is 0.221 e. The molecule has 5 heteroatoms. The van der Waals surface area contributed by atoms with E-state index in [1.807, 2.05) is 24.3 Å². The second-order valence-electron chi connectivity index (χ2n) is 6.19. The largest absolute Gasteiger partial charge is 0.385 e. The second-order valence-corrected chi connectivity index (χ2v) is 6.19. The summed E-state index contributed by atoms with van der Waals surface area (Å²) in [4.78, 5) is 22.9. The maximum Gasteiger partial charge on any atom is 0.221 e. The molecule has 23 heavy (non-hydrogen) atoms. The third-order valence-electron chi connectivity index (χ3n) is 4.11. The van der Waals surface area contributed by atoms with Gasteiger partial charge in [0.1, 0.15) is 0 Å². The van der Waals surface area contributed by atoms with Crippen molar-refractivity contribution in [3.63, 3.8) is 0 Å². The fourth-order valence-electron chi connectivity index (χ4n) is 2.92. The highest BCUT2D eigenvalue weighted by Gasteiger charge is 2.14. The van der Waals surface area contributed by atoms with Gasteiger partial charge in [-0.1, -0.05) is 25.7 Å². The lowest BCUT2D eigenvalue weighted by atomic mass is 10.1. The molecule has 1 aliphatic carbocycles. The minimum Gasteiger partial charge on any atom is -0.385 e. The normalized spacial score (nSPS) is 15.5. The van der Waals surface area contributed by atoms with Crippen LogP contribution in [0.5, 0.6) is 0 Å². The highest BCUT2D eigenvalue weighted by atomic mass is 16.2. The Hall–Kier alpha value is -2.04. The predicted molar refractivity (Wildman–Crippen MR) is 93.5 cm³/mol. The van der Waals surface area contributed by atoms with Gasteiger partial charge in [0.25, 0.3) is 0 Å². The Morgan fingerprint density at radius 2 is 1.61 bits per heavy atom. The van der Waals surface area contributed by atoms with E-state index in [9.17, 15) is 9.59 Å². The van der Waals surface area contributed by atoms with E-state index in [-0.39, 0.29) is 11.8 Å². The lowest BCUT2D eigenvalue weighted by molar-refractivity contribution is -0.121. The first-order valence-corrected chi connectivity index (χ1v) is 8.54. The highest BCUT2D eigenvalue weighted by Crippen LogP contribution is 2.17. The van der Waals surface area contributed by atoms with Gasteiger partial charge < -0.3 is 16.0 Å². The van der Waals surface area contributed by atoms with E-state index < -0.39 is 0 Å². The van der Waals surface area contributed by atoms with Crippen molar-refractivity contribution in [1.29, 1.82) is 0 Å². The maximum absolute atomic E-state index is 12.0. The Morgan fingerprint density at radius 3 is 2.22 bits per heavy atom. The van der Waals surface area contributed by atoms with Crippen molar-refractivity contribution < 1.29 is 9.59 Å². The fraction of sp³-hybridized carbons (Fsp3) is 0.556. The number of hydrogen-bond acceptors (Lipinski definition) is 3. The molecule has 126 valence electrons. The summed E-state index contributed by atoms with van der Waals surface area (Å²) in [6, 6.07) is 7.84. The third kappa shape index (κ3) is 6.72. The van der Waals surface area contributed by atoms with Crippen LogP contribution in [-0.2, 0) is 9.59 Å². The van der Waals surface area contributed by atoms with E-state index in [2.05, 4.69) is 16.0 Å². The van der Waals surface area contributed by atoms with Gasteiger partial charge in [0.15, 0.2) is 0 Å². The van der Waals surface area contributed by atoms with Gasteiger partial charge >= 0.3 is 0 Å². The monoisotopic (exact) mass is 317 g/mol. The molecule has 1 aliphatic rings. The zero-order chi connectivity index (χ0) is 16.5. The summed E-state index contributed by atoms with van der Waals surface area (Å²) in [7, 11) is 0. The molecule has 0 radical (unpaired) electrons. The summed E-state index contributed by atoms with van der Waals surface area (Å²) < 4.78 is 0. The van der Waals surface area contributed by atoms with E-state index in [0.29, 0.717) is 19.0 Å². The Labute approximate surface area is 138 Å². The molecule has 0 saturated heterocycles. The Balaban J connectivity index is 1.67. The average molecular weight is 317 g/mol. The van der Waals surface area contributed by atoms with Crippen LogP contribution < -0.4 is 16.0 Å². The van der Waals surface area contributed by atoms with Crippen molar-refractivity contribution in [1.82, 2.24) is 5.32 Å². The van der Waals surface area contributed by atoms with Crippen LogP contribution in [0.4, 0.5) is 11.4 Å². The average Bonchev–Trinajstić information content (AvgIpc) is 2.77. The van der Waals surface area contributed by atoms with E-state index in [0.717, 1.165) is 24.2 Å². The molecule has 0 heterocycles. The van der Waals surface area contributed by atoms with Crippen LogP contribution in [0, 0.1) is 0 Å². The van der Waals surface area contributed by atoms with Crippen molar-refractivity contribution in [3.8, 4) is 0 Å². The van der Waals surface area contributed by atoms with Crippen molar-refractivity contribution >= 4 is 23.2 Å². The second kappa shape index (κ2) is 9.18. The molecular formula is C18H27N3O2. The van der Waals surface area contributed by atoms with E-state index in [1.54, 1.807) is 0 Å². The fourth-order valence-corrected chi connectivity index (χ4v) is 2.92. The number of nitrogens with one attached hydrogen (secondary N) is 3. The molecule has 0 unspecified atom stereocenters. The molecule has 1 saturated carbocycles. The molecule has 2 amide bonds. The van der Waals surface area contributed by atoms with Crippen LogP contribution >= 0.6 is 0 Å². The van der Waals surface area contributed by atoms with Crippen molar-refractivity contribution in [2.75, 3.05) is 17.2 Å². The SMILES string of the molecule is CC(=O)Nc1ccc(NCCC(=O)NC2CCCCCC2)cc1. The number of hydrogen-bond donors (Lipinski definition) is 3. The minimum absolute atomic E-state index is 0.0825. The molecule has 2 rings (SSSR count). The van der Waals surface area contributed by atoms with Crippen LogP contribution in [0.1, 0.15) is 51.9 Å². The third-order valence-corrected chi connectivity index (χ3v) is 4.11. The molecular weight excluding hydrogens is 290 g/mol. The standard InChI is InChI=1S/C18H27N3O2/c1-14(22)20-17-10-8-15(9-11-17)19-13-12-18(23)21-16-6-4-2-3-5-7-16/h8-11,16,19H,2-7,12-13H2,1H3,(H,20,22)(H,21,23). The van der Waals surface area contributed by atoms with Gasteiger partial charge in [0, 0.05) is 37.3 Å². The van der Waals surface area contributed by atoms with Crippen LogP contribution in [0.15, 0.2) is 24.3 Å². The number of carbonyl (C=O) groups is 2. The van der Waals surface area contributed by atoms with E-state index in [1.165, 1.54) is 32.6 Å². The molecule has 1 aromatic carbocycles. The lowest BCUT2D eigenvalue weighted by Crippen LogP contribution is -2.35. The molecule has 1 fully saturated rings. The van der Waals surface area contributed by atoms with Gasteiger partial charge in [-0.3, -0.25) is 9.59 Å². The van der Waals surface area contributed by atoms with Gasteiger partial charge in [0.05, 0.1) is 0 Å². The summed E-state index contributed by atoms with van der Waals surface area (Å²) in [5, 5.41) is 9.11. The molecule has 0 spiro atoms. The number of amides is 2. The molecule has 3 N–H and O–H groups in total. The Bertz CT molecular complexity index is 506. The quantitative estimate of drug-likeness (QED) is 0.705. The lowest BCUT2D eigenvalue weighted by Gasteiger charge is -2.16. The Kier molecular flexibility index (Phi) is 6.91. The molecule has 0 aliphatic heterocycles. The van der Waals surface area contributed by atoms with E-state index >= 15 is 0 Å².